The van der Waals surface area contributed by atoms with Gasteiger partial charge in [0.15, 0.2) is 0 Å². The minimum absolute atomic E-state index is 0.0406. The van der Waals surface area contributed by atoms with Crippen molar-refractivity contribution >= 4 is 23.6 Å². The molecule has 5 rings (SSSR count). The van der Waals surface area contributed by atoms with Crippen molar-refractivity contribution in [3.8, 4) is 17.0 Å². The van der Waals surface area contributed by atoms with E-state index in [2.05, 4.69) is 0 Å². The van der Waals surface area contributed by atoms with E-state index in [9.17, 15) is 14.7 Å². The van der Waals surface area contributed by atoms with Crippen LogP contribution < -0.4 is 0 Å². The van der Waals surface area contributed by atoms with Gasteiger partial charge in [0, 0.05) is 44.4 Å². The molecular formula is C30H30N4O4. The highest BCUT2D eigenvalue weighted by Crippen LogP contribution is 2.30. The number of piperazine rings is 1. The Kier molecular flexibility index (Phi) is 7.60. The predicted molar refractivity (Wildman–Crippen MR) is 146 cm³/mol. The fourth-order valence-corrected chi connectivity index (χ4v) is 4.74. The largest absolute Gasteiger partial charge is 0.508 e. The average Bonchev–Trinajstić information content (AvgIpc) is 3.38. The summed E-state index contributed by atoms with van der Waals surface area (Å²) in [6, 6.07) is 18.6. The quantitative estimate of drug-likeness (QED) is 0.522. The summed E-state index contributed by atoms with van der Waals surface area (Å²) in [4.78, 5) is 39.5. The molecule has 2 aliphatic heterocycles. The maximum Gasteiger partial charge on any atom is 0.254 e. The van der Waals surface area contributed by atoms with Gasteiger partial charge in [-0.1, -0.05) is 36.4 Å². The van der Waals surface area contributed by atoms with Crippen molar-refractivity contribution in [2.24, 2.45) is 4.99 Å². The first kappa shape index (κ1) is 25.4. The summed E-state index contributed by atoms with van der Waals surface area (Å²) in [6.45, 7) is 2.66. The van der Waals surface area contributed by atoms with Gasteiger partial charge < -0.3 is 19.6 Å². The Morgan fingerprint density at radius 1 is 0.974 bits per heavy atom. The zero-order valence-corrected chi connectivity index (χ0v) is 21.3. The minimum atomic E-state index is -0.102. The van der Waals surface area contributed by atoms with Crippen LogP contribution in [0.5, 0.6) is 5.75 Å². The summed E-state index contributed by atoms with van der Waals surface area (Å²) in [7, 11) is 1.58. The van der Waals surface area contributed by atoms with E-state index in [-0.39, 0.29) is 17.6 Å². The molecule has 3 heterocycles. The van der Waals surface area contributed by atoms with Crippen molar-refractivity contribution in [1.29, 1.82) is 0 Å². The van der Waals surface area contributed by atoms with E-state index in [0.717, 1.165) is 28.1 Å². The third kappa shape index (κ3) is 5.50. The van der Waals surface area contributed by atoms with Gasteiger partial charge in [-0.2, -0.15) is 0 Å². The molecule has 8 nitrogen and oxygen atoms in total. The summed E-state index contributed by atoms with van der Waals surface area (Å²) >= 11 is 0. The number of fused-ring (bicyclic) bond motifs is 1. The van der Waals surface area contributed by atoms with Crippen LogP contribution in [0.25, 0.3) is 17.3 Å². The van der Waals surface area contributed by atoms with Gasteiger partial charge in [0.1, 0.15) is 5.75 Å². The number of benzene rings is 2. The van der Waals surface area contributed by atoms with Crippen molar-refractivity contribution in [3.63, 3.8) is 0 Å². The van der Waals surface area contributed by atoms with E-state index in [1.54, 1.807) is 41.2 Å². The topological polar surface area (TPSA) is 95.3 Å². The Morgan fingerprint density at radius 3 is 2.39 bits per heavy atom. The summed E-state index contributed by atoms with van der Waals surface area (Å²) in [5.41, 5.74) is 5.28. The maximum atomic E-state index is 13.9. The normalized spacial score (nSPS) is 15.0. The number of pyridine rings is 1. The van der Waals surface area contributed by atoms with Crippen LogP contribution in [0.3, 0.4) is 0 Å². The average molecular weight is 511 g/mol. The van der Waals surface area contributed by atoms with Crippen molar-refractivity contribution in [2.75, 3.05) is 39.9 Å². The SMILES string of the molecule is COCCC(=O)N1CCN(C(=O)c2cc(-c3ccc(O)cc3)nc3c2C(/C=C/c2ccccc2)=NC3)CC1. The zero-order chi connectivity index (χ0) is 26.5. The number of carbonyl (C=O) groups excluding carboxylic acids is 2. The molecular weight excluding hydrogens is 480 g/mol. The van der Waals surface area contributed by atoms with Crippen LogP contribution in [0.15, 0.2) is 71.7 Å². The second kappa shape index (κ2) is 11.4. The van der Waals surface area contributed by atoms with E-state index in [0.29, 0.717) is 57.0 Å². The number of rotatable bonds is 7. The van der Waals surface area contributed by atoms with Gasteiger partial charge in [0.2, 0.25) is 5.91 Å². The number of hydrogen-bond donors (Lipinski definition) is 1. The molecule has 0 unspecified atom stereocenters. The Bertz CT molecular complexity index is 1380. The molecule has 3 aromatic rings. The number of hydrogen-bond acceptors (Lipinski definition) is 6. The monoisotopic (exact) mass is 510 g/mol. The van der Waals surface area contributed by atoms with Crippen molar-refractivity contribution in [3.05, 3.63) is 89.1 Å². The molecule has 0 bridgehead atoms. The molecule has 1 N–H and O–H groups in total. The number of phenolic OH excluding ortho intramolecular Hbond substituents is 1. The summed E-state index contributed by atoms with van der Waals surface area (Å²) in [5, 5.41) is 9.73. The third-order valence-electron chi connectivity index (χ3n) is 6.82. The van der Waals surface area contributed by atoms with E-state index in [4.69, 9.17) is 14.7 Å². The molecule has 1 saturated heterocycles. The van der Waals surface area contributed by atoms with Gasteiger partial charge in [-0.25, -0.2) is 0 Å². The van der Waals surface area contributed by atoms with Crippen LogP contribution in [0, 0.1) is 0 Å². The summed E-state index contributed by atoms with van der Waals surface area (Å²) in [6.07, 6.45) is 4.26. The van der Waals surface area contributed by atoms with Gasteiger partial charge in [0.05, 0.1) is 42.2 Å². The highest BCUT2D eigenvalue weighted by atomic mass is 16.5. The van der Waals surface area contributed by atoms with E-state index >= 15 is 0 Å². The number of phenols is 1. The van der Waals surface area contributed by atoms with Crippen LogP contribution >= 0.6 is 0 Å². The van der Waals surface area contributed by atoms with Gasteiger partial charge >= 0.3 is 0 Å². The second-order valence-electron chi connectivity index (χ2n) is 9.28. The van der Waals surface area contributed by atoms with Gasteiger partial charge in [-0.15, -0.1) is 0 Å². The molecule has 194 valence electrons. The lowest BCUT2D eigenvalue weighted by molar-refractivity contribution is -0.133. The lowest BCUT2D eigenvalue weighted by Crippen LogP contribution is -2.51. The van der Waals surface area contributed by atoms with Crippen molar-refractivity contribution < 1.29 is 19.4 Å². The van der Waals surface area contributed by atoms with E-state index < -0.39 is 0 Å². The highest BCUT2D eigenvalue weighted by molar-refractivity contribution is 6.18. The number of methoxy groups -OCH3 is 1. The molecule has 0 radical (unpaired) electrons. The molecule has 0 atom stereocenters. The molecule has 0 spiro atoms. The van der Waals surface area contributed by atoms with E-state index in [1.165, 1.54) is 0 Å². The number of aliphatic imine (C=N–C) groups is 1. The Balaban J connectivity index is 1.45. The second-order valence-corrected chi connectivity index (χ2v) is 9.28. The first-order chi connectivity index (χ1) is 18.5. The molecule has 2 aromatic carbocycles. The minimum Gasteiger partial charge on any atom is -0.508 e. The maximum absolute atomic E-state index is 13.9. The number of ether oxygens (including phenoxy) is 1. The molecule has 0 aliphatic carbocycles. The molecule has 38 heavy (non-hydrogen) atoms. The molecule has 2 aliphatic rings. The fraction of sp³-hybridized carbons (Fsp3) is 0.267. The Labute approximate surface area is 221 Å². The number of allylic oxidation sites excluding steroid dienone is 1. The summed E-state index contributed by atoms with van der Waals surface area (Å²) < 4.78 is 5.03. The Morgan fingerprint density at radius 2 is 1.68 bits per heavy atom. The van der Waals surface area contributed by atoms with Crippen molar-refractivity contribution in [2.45, 2.75) is 13.0 Å². The molecule has 8 heteroatoms. The van der Waals surface area contributed by atoms with Gasteiger partial charge in [-0.3, -0.25) is 19.6 Å². The molecule has 1 aromatic heterocycles. The number of amides is 2. The number of carbonyl (C=O) groups is 2. The van der Waals surface area contributed by atoms with E-state index in [1.807, 2.05) is 48.6 Å². The third-order valence-corrected chi connectivity index (χ3v) is 6.82. The first-order valence-corrected chi connectivity index (χ1v) is 12.7. The van der Waals surface area contributed by atoms with Crippen LogP contribution in [0.4, 0.5) is 0 Å². The van der Waals surface area contributed by atoms with Gasteiger partial charge in [0.25, 0.3) is 5.91 Å². The van der Waals surface area contributed by atoms with Gasteiger partial charge in [-0.05, 0) is 42.0 Å². The Hall–Kier alpha value is -4.30. The zero-order valence-electron chi connectivity index (χ0n) is 21.3. The number of aromatic hydroxyl groups is 1. The molecule has 2 amide bonds. The first-order valence-electron chi connectivity index (χ1n) is 12.7. The number of aromatic nitrogens is 1. The highest BCUT2D eigenvalue weighted by Gasteiger charge is 2.30. The van der Waals surface area contributed by atoms with Crippen molar-refractivity contribution in [1.82, 2.24) is 14.8 Å². The standard InChI is InChI=1S/C30H30N4O4/c1-38-18-13-28(36)33-14-16-34(17-15-33)30(37)24-19-26(22-8-10-23(35)11-9-22)32-27-20-31-25(29(24)27)12-7-21-5-3-2-4-6-21/h2-12,19,35H,13-18,20H2,1H3/b12-7+. The van der Waals surface area contributed by atoms with Crippen LogP contribution in [0.1, 0.15) is 33.6 Å². The lowest BCUT2D eigenvalue weighted by Gasteiger charge is -2.35. The van der Waals surface area contributed by atoms with Crippen LogP contribution in [0.2, 0.25) is 0 Å². The fourth-order valence-electron chi connectivity index (χ4n) is 4.74. The molecule has 1 fully saturated rings. The predicted octanol–water partition coefficient (Wildman–Crippen LogP) is 3.79. The smallest absolute Gasteiger partial charge is 0.254 e. The van der Waals surface area contributed by atoms with Crippen LogP contribution in [-0.2, 0) is 16.1 Å². The number of nitrogens with zero attached hydrogens (tertiary/aromatic N) is 4. The lowest BCUT2D eigenvalue weighted by atomic mass is 9.98. The van der Waals surface area contributed by atoms with Crippen LogP contribution in [-0.4, -0.2) is 77.3 Å². The summed E-state index contributed by atoms with van der Waals surface area (Å²) in [5.74, 6) is 0.106. The molecule has 0 saturated carbocycles.